The minimum atomic E-state index is -1.31. The van der Waals surface area contributed by atoms with Crippen molar-refractivity contribution in [1.82, 2.24) is 10.6 Å². The number of aliphatic hydroxyl groups excluding tert-OH is 1. The summed E-state index contributed by atoms with van der Waals surface area (Å²) in [5, 5.41) is 16.2. The van der Waals surface area contributed by atoms with Crippen LogP contribution in [-0.4, -0.2) is 41.7 Å². The summed E-state index contributed by atoms with van der Waals surface area (Å²) in [6.07, 6.45) is 2.68. The average Bonchev–Trinajstić information content (AvgIpc) is 2.77. The molecule has 2 amide bonds. The first-order valence-corrected chi connectivity index (χ1v) is 8.33. The van der Waals surface area contributed by atoms with E-state index in [1.165, 1.54) is 6.42 Å². The lowest BCUT2D eigenvalue weighted by Crippen LogP contribution is -2.55. The molecule has 2 aliphatic carbocycles. The van der Waals surface area contributed by atoms with Gasteiger partial charge in [0.25, 0.3) is 0 Å². The summed E-state index contributed by atoms with van der Waals surface area (Å²) in [5.41, 5.74) is 5.43. The van der Waals surface area contributed by atoms with E-state index in [9.17, 15) is 14.7 Å². The molecule has 0 radical (unpaired) electrons. The number of hydrogen-bond acceptors (Lipinski definition) is 4. The van der Waals surface area contributed by atoms with Gasteiger partial charge in [-0.15, -0.1) is 0 Å². The molecule has 124 valence electrons. The lowest BCUT2D eigenvalue weighted by atomic mass is 9.79. The van der Waals surface area contributed by atoms with Gasteiger partial charge in [0, 0.05) is 0 Å². The van der Waals surface area contributed by atoms with Crippen LogP contribution in [0.2, 0.25) is 0 Å². The number of fused-ring (bicyclic) bond motifs is 1. The molecule has 22 heavy (non-hydrogen) atoms. The first kappa shape index (κ1) is 15.7. The number of aliphatic hydroxyl groups is 1. The summed E-state index contributed by atoms with van der Waals surface area (Å²) >= 11 is 0. The van der Waals surface area contributed by atoms with Crippen LogP contribution in [0.3, 0.4) is 0 Å². The summed E-state index contributed by atoms with van der Waals surface area (Å²) in [5.74, 6) is 0.495. The van der Waals surface area contributed by atoms with Gasteiger partial charge in [0.15, 0.2) is 6.10 Å². The normalized spacial score (nSPS) is 35.1. The third-order valence-corrected chi connectivity index (χ3v) is 6.15. The van der Waals surface area contributed by atoms with Gasteiger partial charge >= 0.3 is 0 Å². The maximum Gasteiger partial charge on any atom is 0.248 e. The highest BCUT2D eigenvalue weighted by atomic mass is 16.3. The van der Waals surface area contributed by atoms with Gasteiger partial charge in [0.05, 0.1) is 12.1 Å². The lowest BCUT2D eigenvalue weighted by Gasteiger charge is -2.32. The van der Waals surface area contributed by atoms with Crippen molar-refractivity contribution >= 4 is 11.8 Å². The smallest absolute Gasteiger partial charge is 0.248 e. The minimum absolute atomic E-state index is 0.109. The third kappa shape index (κ3) is 2.63. The van der Waals surface area contributed by atoms with Gasteiger partial charge in [-0.05, 0) is 36.1 Å². The van der Waals surface area contributed by atoms with Gasteiger partial charge in [-0.1, -0.05) is 33.1 Å². The molecule has 3 aliphatic rings. The zero-order chi connectivity index (χ0) is 16.1. The predicted octanol–water partition coefficient (Wildman–Crippen LogP) is -0.248. The Morgan fingerprint density at radius 2 is 2.09 bits per heavy atom. The molecule has 1 heterocycles. The van der Waals surface area contributed by atoms with Crippen molar-refractivity contribution < 1.29 is 14.7 Å². The largest absolute Gasteiger partial charge is 0.381 e. The van der Waals surface area contributed by atoms with Gasteiger partial charge in [-0.2, -0.15) is 0 Å². The van der Waals surface area contributed by atoms with E-state index in [4.69, 9.17) is 5.73 Å². The summed E-state index contributed by atoms with van der Waals surface area (Å²) in [7, 11) is 0. The number of hydrogen-bond donors (Lipinski definition) is 4. The molecule has 3 rings (SSSR count). The van der Waals surface area contributed by atoms with Crippen LogP contribution in [0.5, 0.6) is 0 Å². The number of piperidine rings is 1. The number of carbonyl (C=O) groups is 2. The number of primary amides is 1. The molecule has 6 heteroatoms. The summed E-state index contributed by atoms with van der Waals surface area (Å²) in [4.78, 5) is 23.9. The Hall–Kier alpha value is -1.14. The van der Waals surface area contributed by atoms with Crippen LogP contribution in [0.15, 0.2) is 0 Å². The fourth-order valence-electron chi connectivity index (χ4n) is 4.30. The van der Waals surface area contributed by atoms with E-state index in [0.29, 0.717) is 24.2 Å². The Balaban J connectivity index is 1.62. The molecule has 1 aliphatic heterocycles. The summed E-state index contributed by atoms with van der Waals surface area (Å²) < 4.78 is 0. The van der Waals surface area contributed by atoms with Crippen LogP contribution < -0.4 is 16.4 Å². The zero-order valence-corrected chi connectivity index (χ0v) is 13.3. The van der Waals surface area contributed by atoms with Gasteiger partial charge < -0.3 is 21.5 Å². The molecule has 1 saturated heterocycles. The number of nitrogens with two attached hydrogens (primary N) is 1. The Bertz CT molecular complexity index is 475. The van der Waals surface area contributed by atoms with Crippen molar-refractivity contribution in [2.24, 2.45) is 28.9 Å². The molecule has 4 unspecified atom stereocenters. The molecule has 0 bridgehead atoms. The molecular weight excluding hydrogens is 282 g/mol. The topological polar surface area (TPSA) is 104 Å². The maximum atomic E-state index is 12.6. The number of carbonyl (C=O) groups excluding carboxylic acids is 2. The van der Waals surface area contributed by atoms with Gasteiger partial charge in [-0.3, -0.25) is 9.59 Å². The monoisotopic (exact) mass is 309 g/mol. The van der Waals surface area contributed by atoms with Crippen molar-refractivity contribution in [2.45, 2.75) is 57.7 Å². The average molecular weight is 309 g/mol. The van der Waals surface area contributed by atoms with E-state index in [1.54, 1.807) is 0 Å². The lowest BCUT2D eigenvalue weighted by molar-refractivity contribution is -0.130. The Morgan fingerprint density at radius 1 is 1.41 bits per heavy atom. The van der Waals surface area contributed by atoms with Crippen molar-refractivity contribution in [3.63, 3.8) is 0 Å². The Kier molecular flexibility index (Phi) is 3.93. The number of amides is 2. The predicted molar refractivity (Wildman–Crippen MR) is 81.6 cm³/mol. The Labute approximate surface area is 131 Å². The quantitative estimate of drug-likeness (QED) is 0.543. The molecule has 5 N–H and O–H groups in total. The highest BCUT2D eigenvalue weighted by Gasteiger charge is 2.65. The van der Waals surface area contributed by atoms with Crippen LogP contribution in [0, 0.1) is 23.2 Å². The summed E-state index contributed by atoms with van der Waals surface area (Å²) in [6, 6.07) is -0.790. The second-order valence-electron chi connectivity index (χ2n) is 7.83. The SMILES string of the molecule is CC1(C)C2CN[C@H](C(=O)NC(CC3CCC3)C(O)C(N)=O)C21. The van der Waals surface area contributed by atoms with Crippen molar-refractivity contribution in [3.8, 4) is 0 Å². The van der Waals surface area contributed by atoms with Gasteiger partial charge in [-0.25, -0.2) is 0 Å². The van der Waals surface area contributed by atoms with Crippen molar-refractivity contribution in [1.29, 1.82) is 0 Å². The molecule has 5 atom stereocenters. The number of rotatable bonds is 6. The summed E-state index contributed by atoms with van der Waals surface area (Å²) in [6.45, 7) is 5.24. The molecule has 2 saturated carbocycles. The molecule has 6 nitrogen and oxygen atoms in total. The molecule has 0 aromatic heterocycles. The van der Waals surface area contributed by atoms with E-state index in [1.807, 2.05) is 0 Å². The van der Waals surface area contributed by atoms with Gasteiger partial charge in [0.2, 0.25) is 11.8 Å². The molecule has 3 fully saturated rings. The second-order valence-corrected chi connectivity index (χ2v) is 7.83. The Morgan fingerprint density at radius 3 is 2.55 bits per heavy atom. The van der Waals surface area contributed by atoms with Crippen LogP contribution >= 0.6 is 0 Å². The van der Waals surface area contributed by atoms with Crippen molar-refractivity contribution in [3.05, 3.63) is 0 Å². The van der Waals surface area contributed by atoms with Crippen LogP contribution in [-0.2, 0) is 9.59 Å². The molecule has 0 aromatic carbocycles. The van der Waals surface area contributed by atoms with Crippen LogP contribution in [0.4, 0.5) is 0 Å². The molecule has 0 spiro atoms. The van der Waals surface area contributed by atoms with E-state index >= 15 is 0 Å². The van der Waals surface area contributed by atoms with E-state index in [0.717, 1.165) is 19.4 Å². The standard InChI is InChI=1S/C16H27N3O3/c1-16(2)9-7-18-12(11(9)16)15(22)19-10(13(20)14(17)21)6-8-4-3-5-8/h8-13,18,20H,3-7H2,1-2H3,(H2,17,21)(H,19,22)/t9?,10?,11?,12-,13?/m0/s1. The highest BCUT2D eigenvalue weighted by molar-refractivity contribution is 5.85. The van der Waals surface area contributed by atoms with E-state index in [2.05, 4.69) is 24.5 Å². The minimum Gasteiger partial charge on any atom is -0.381 e. The highest BCUT2D eigenvalue weighted by Crippen LogP contribution is 2.62. The van der Waals surface area contributed by atoms with Gasteiger partial charge in [0.1, 0.15) is 0 Å². The van der Waals surface area contributed by atoms with E-state index < -0.39 is 18.1 Å². The van der Waals surface area contributed by atoms with E-state index in [-0.39, 0.29) is 17.4 Å². The maximum absolute atomic E-state index is 12.6. The zero-order valence-electron chi connectivity index (χ0n) is 13.3. The fourth-order valence-corrected chi connectivity index (χ4v) is 4.30. The first-order chi connectivity index (χ1) is 10.3. The second kappa shape index (κ2) is 5.49. The third-order valence-electron chi connectivity index (χ3n) is 6.15. The molecular formula is C16H27N3O3. The fraction of sp³-hybridized carbons (Fsp3) is 0.875. The first-order valence-electron chi connectivity index (χ1n) is 8.33. The van der Waals surface area contributed by atoms with Crippen molar-refractivity contribution in [2.75, 3.05) is 6.54 Å². The van der Waals surface area contributed by atoms with Crippen LogP contribution in [0.1, 0.15) is 39.5 Å². The van der Waals surface area contributed by atoms with Crippen LogP contribution in [0.25, 0.3) is 0 Å². The molecule has 0 aromatic rings. The number of nitrogens with one attached hydrogen (secondary N) is 2.